The molecular formula is C86H168O17P2. The first kappa shape index (κ1) is 103. The van der Waals surface area contributed by atoms with Gasteiger partial charge in [-0.15, -0.1) is 0 Å². The number of ether oxygens (including phenoxy) is 4. The van der Waals surface area contributed by atoms with E-state index in [1.165, 1.54) is 276 Å². The summed E-state index contributed by atoms with van der Waals surface area (Å²) in [6.07, 6.45) is 69.6. The summed E-state index contributed by atoms with van der Waals surface area (Å²) in [5, 5.41) is 10.7. The molecule has 0 saturated carbocycles. The number of carbonyl (C=O) groups excluding carboxylic acids is 4. The topological polar surface area (TPSA) is 237 Å². The first-order valence-corrected chi connectivity index (χ1v) is 47.5. The van der Waals surface area contributed by atoms with E-state index in [9.17, 15) is 43.2 Å². The van der Waals surface area contributed by atoms with Gasteiger partial charge in [-0.1, -0.05) is 408 Å². The third kappa shape index (κ3) is 78.5. The lowest BCUT2D eigenvalue weighted by molar-refractivity contribution is -0.161. The van der Waals surface area contributed by atoms with Gasteiger partial charge in [0.15, 0.2) is 12.2 Å². The molecule has 0 aliphatic rings. The Bertz CT molecular complexity index is 2010. The zero-order valence-electron chi connectivity index (χ0n) is 69.0. The van der Waals surface area contributed by atoms with Gasteiger partial charge in [0.05, 0.1) is 26.4 Å². The van der Waals surface area contributed by atoms with Crippen LogP contribution in [0.3, 0.4) is 0 Å². The highest BCUT2D eigenvalue weighted by Gasteiger charge is 2.30. The number of aliphatic hydroxyl groups is 1. The second-order valence-corrected chi connectivity index (χ2v) is 34.6. The summed E-state index contributed by atoms with van der Waals surface area (Å²) in [7, 11) is -9.93. The first-order chi connectivity index (χ1) is 50.9. The van der Waals surface area contributed by atoms with E-state index in [0.717, 1.165) is 102 Å². The Morgan fingerprint density at radius 2 is 0.486 bits per heavy atom. The number of aliphatic hydroxyl groups excluding tert-OH is 1. The lowest BCUT2D eigenvalue weighted by Crippen LogP contribution is -2.30. The summed E-state index contributed by atoms with van der Waals surface area (Å²) >= 11 is 0. The molecule has 0 amide bonds. The fourth-order valence-electron chi connectivity index (χ4n) is 13.4. The number of hydrogen-bond donors (Lipinski definition) is 3. The molecule has 105 heavy (non-hydrogen) atoms. The van der Waals surface area contributed by atoms with Crippen molar-refractivity contribution in [1.82, 2.24) is 0 Å². The highest BCUT2D eigenvalue weighted by Crippen LogP contribution is 2.45. The van der Waals surface area contributed by atoms with Crippen molar-refractivity contribution in [1.29, 1.82) is 0 Å². The van der Waals surface area contributed by atoms with Crippen LogP contribution in [0.25, 0.3) is 0 Å². The van der Waals surface area contributed by atoms with Crippen LogP contribution in [-0.4, -0.2) is 96.7 Å². The number of rotatable bonds is 85. The van der Waals surface area contributed by atoms with Crippen molar-refractivity contribution in [3.05, 3.63) is 0 Å². The van der Waals surface area contributed by atoms with Gasteiger partial charge in [0, 0.05) is 25.7 Å². The Hall–Kier alpha value is -1.94. The molecule has 3 unspecified atom stereocenters. The summed E-state index contributed by atoms with van der Waals surface area (Å²) in [5.74, 6) is -0.591. The van der Waals surface area contributed by atoms with E-state index in [-0.39, 0.29) is 25.7 Å². The molecule has 0 saturated heterocycles. The predicted octanol–water partition coefficient (Wildman–Crippen LogP) is 26.2. The lowest BCUT2D eigenvalue weighted by Gasteiger charge is -2.21. The van der Waals surface area contributed by atoms with Gasteiger partial charge in [-0.25, -0.2) is 9.13 Å². The Kier molecular flexibility index (Phi) is 76.0. The quantitative estimate of drug-likeness (QED) is 0.0222. The number of phosphoric ester groups is 2. The summed E-state index contributed by atoms with van der Waals surface area (Å²) in [6, 6.07) is 0. The van der Waals surface area contributed by atoms with Gasteiger partial charge in [-0.05, 0) is 37.5 Å². The van der Waals surface area contributed by atoms with Gasteiger partial charge in [-0.2, -0.15) is 0 Å². The lowest BCUT2D eigenvalue weighted by atomic mass is 9.99. The molecular weight excluding hydrogens is 1370 g/mol. The maximum absolute atomic E-state index is 13.1. The van der Waals surface area contributed by atoms with Gasteiger partial charge in [0.25, 0.3) is 0 Å². The highest BCUT2D eigenvalue weighted by atomic mass is 31.2. The zero-order chi connectivity index (χ0) is 77.1. The van der Waals surface area contributed by atoms with Crippen molar-refractivity contribution in [3.63, 3.8) is 0 Å². The standard InChI is InChI=1S/C86H168O17P2/c1-7-10-12-14-16-18-20-22-24-26-28-30-32-34-36-38-40-44-52-58-64-70-85(90)102-81(74-96-83(88)68-62-56-50-43-39-37-35-33-31-29-27-25-23-21-19-17-15-13-11-8-2)76-100-104(92,93)98-72-80(87)73-99-105(94,95)101-77-82(103-86(91)71-65-59-53-45-41-42-48-54-60-66-78(4)5)75-97-84(89)69-63-57-51-47-46-49-55-61-67-79(6)9-3/h78-82,87H,7-77H2,1-6H3,(H,92,93)(H,94,95)/t79?,80-,81-,82-/m1/s1. The molecule has 0 aromatic carbocycles. The normalized spacial score (nSPS) is 14.1. The van der Waals surface area contributed by atoms with Crippen LogP contribution < -0.4 is 0 Å². The minimum atomic E-state index is -4.97. The molecule has 0 fully saturated rings. The van der Waals surface area contributed by atoms with Crippen LogP contribution in [0.1, 0.15) is 459 Å². The molecule has 6 atom stereocenters. The zero-order valence-corrected chi connectivity index (χ0v) is 70.8. The van der Waals surface area contributed by atoms with Crippen molar-refractivity contribution in [2.24, 2.45) is 11.8 Å². The molecule has 0 spiro atoms. The highest BCUT2D eigenvalue weighted by molar-refractivity contribution is 7.47. The van der Waals surface area contributed by atoms with Crippen LogP contribution in [0, 0.1) is 11.8 Å². The van der Waals surface area contributed by atoms with Crippen molar-refractivity contribution in [3.8, 4) is 0 Å². The van der Waals surface area contributed by atoms with Crippen LogP contribution in [0.15, 0.2) is 0 Å². The second kappa shape index (κ2) is 77.4. The van der Waals surface area contributed by atoms with Gasteiger partial charge >= 0.3 is 39.5 Å². The van der Waals surface area contributed by atoms with Gasteiger partial charge in [0.1, 0.15) is 19.3 Å². The van der Waals surface area contributed by atoms with Crippen LogP contribution in [-0.2, 0) is 65.4 Å². The minimum absolute atomic E-state index is 0.105. The first-order valence-electron chi connectivity index (χ1n) is 44.5. The van der Waals surface area contributed by atoms with Crippen molar-refractivity contribution in [2.75, 3.05) is 39.6 Å². The average Bonchev–Trinajstić information content (AvgIpc) is 0.963. The largest absolute Gasteiger partial charge is 0.472 e. The van der Waals surface area contributed by atoms with E-state index in [1.54, 1.807) is 0 Å². The van der Waals surface area contributed by atoms with Crippen LogP contribution >= 0.6 is 15.6 Å². The Labute approximate surface area is 645 Å². The van der Waals surface area contributed by atoms with Gasteiger partial charge in [-0.3, -0.25) is 37.3 Å². The SMILES string of the molecule is CCCCCCCCCCCCCCCCCCCCCCCC(=O)O[C@H](COC(=O)CCCCCCCCCCCCCCCCCCCCCC)COP(=O)(O)OC[C@@H](O)COP(=O)(O)OC[C@@H](COC(=O)CCCCCCCCCCC(C)CC)OC(=O)CCCCCCCCCCCC(C)C. The summed E-state index contributed by atoms with van der Waals surface area (Å²) < 4.78 is 68.9. The molecule has 0 aliphatic carbocycles. The summed E-state index contributed by atoms with van der Waals surface area (Å²) in [5.41, 5.74) is 0. The van der Waals surface area contributed by atoms with E-state index in [4.69, 9.17) is 37.0 Å². The predicted molar refractivity (Wildman–Crippen MR) is 432 cm³/mol. The maximum atomic E-state index is 13.1. The van der Waals surface area contributed by atoms with Crippen LogP contribution in [0.4, 0.5) is 0 Å². The molecule has 19 heteroatoms. The van der Waals surface area contributed by atoms with Crippen LogP contribution in [0.2, 0.25) is 0 Å². The van der Waals surface area contributed by atoms with Crippen molar-refractivity contribution >= 4 is 39.5 Å². The molecule has 624 valence electrons. The smallest absolute Gasteiger partial charge is 0.462 e. The fourth-order valence-corrected chi connectivity index (χ4v) is 15.0. The second-order valence-electron chi connectivity index (χ2n) is 31.6. The number of esters is 4. The number of unbranched alkanes of at least 4 members (excludes halogenated alkanes) is 54. The molecule has 17 nitrogen and oxygen atoms in total. The molecule has 3 N–H and O–H groups in total. The number of carbonyl (C=O) groups is 4. The summed E-state index contributed by atoms with van der Waals surface area (Å²) in [4.78, 5) is 73.2. The molecule has 0 aliphatic heterocycles. The minimum Gasteiger partial charge on any atom is -0.462 e. The van der Waals surface area contributed by atoms with E-state index < -0.39 is 97.5 Å². The fraction of sp³-hybridized carbons (Fsp3) is 0.953. The number of phosphoric acid groups is 2. The van der Waals surface area contributed by atoms with E-state index >= 15 is 0 Å². The molecule has 0 bridgehead atoms. The van der Waals surface area contributed by atoms with Gasteiger partial charge < -0.3 is 33.8 Å². The molecule has 0 heterocycles. The average molecular weight is 1540 g/mol. The van der Waals surface area contributed by atoms with Crippen molar-refractivity contribution in [2.45, 2.75) is 477 Å². The summed E-state index contributed by atoms with van der Waals surface area (Å²) in [6.45, 7) is 9.64. The monoisotopic (exact) mass is 1540 g/mol. The number of hydrogen-bond acceptors (Lipinski definition) is 15. The molecule has 0 radical (unpaired) electrons. The molecule has 0 rings (SSSR count). The Balaban J connectivity index is 5.22. The van der Waals surface area contributed by atoms with E-state index in [0.29, 0.717) is 25.7 Å². The van der Waals surface area contributed by atoms with E-state index in [1.807, 2.05) is 0 Å². The molecule has 0 aromatic heterocycles. The van der Waals surface area contributed by atoms with Crippen LogP contribution in [0.5, 0.6) is 0 Å². The third-order valence-electron chi connectivity index (χ3n) is 20.6. The molecule has 0 aromatic rings. The maximum Gasteiger partial charge on any atom is 0.472 e. The Morgan fingerprint density at radius 1 is 0.276 bits per heavy atom. The third-order valence-corrected chi connectivity index (χ3v) is 22.5. The van der Waals surface area contributed by atoms with Crippen molar-refractivity contribution < 1.29 is 80.2 Å². The van der Waals surface area contributed by atoms with Gasteiger partial charge in [0.2, 0.25) is 0 Å². The van der Waals surface area contributed by atoms with E-state index in [2.05, 4.69) is 41.5 Å². The Morgan fingerprint density at radius 3 is 0.724 bits per heavy atom.